The van der Waals surface area contributed by atoms with Crippen LogP contribution in [0.3, 0.4) is 0 Å². The number of hydrogen-bond acceptors (Lipinski definition) is 2. The molecule has 96 valence electrons. The molecule has 1 N–H and O–H groups in total. The zero-order valence-corrected chi connectivity index (χ0v) is 13.1. The molecule has 0 spiro atoms. The van der Waals surface area contributed by atoms with Crippen molar-refractivity contribution in [2.24, 2.45) is 0 Å². The van der Waals surface area contributed by atoms with Gasteiger partial charge in [0.15, 0.2) is 0 Å². The lowest BCUT2D eigenvalue weighted by molar-refractivity contribution is 0.198. The summed E-state index contributed by atoms with van der Waals surface area (Å²) in [7, 11) is 0. The molecule has 0 saturated heterocycles. The predicted molar refractivity (Wildman–Crippen MR) is 79.9 cm³/mol. The molecule has 0 bridgehead atoms. The summed E-state index contributed by atoms with van der Waals surface area (Å²) in [6, 6.07) is 4.34. The van der Waals surface area contributed by atoms with Crippen molar-refractivity contribution in [2.45, 2.75) is 39.5 Å². The van der Waals surface area contributed by atoms with Gasteiger partial charge in [-0.25, -0.2) is 0 Å². The van der Waals surface area contributed by atoms with Crippen LogP contribution in [0, 0.1) is 3.57 Å². The molecule has 0 aliphatic carbocycles. The van der Waals surface area contributed by atoms with Crippen LogP contribution in [0.2, 0.25) is 0 Å². The summed E-state index contributed by atoms with van der Waals surface area (Å²) < 4.78 is 6.98. The minimum absolute atomic E-state index is 0.0566. The van der Waals surface area contributed by atoms with Gasteiger partial charge in [-0.3, -0.25) is 0 Å². The van der Waals surface area contributed by atoms with Crippen molar-refractivity contribution in [3.05, 3.63) is 26.8 Å². The van der Waals surface area contributed by atoms with Crippen LogP contribution in [0.5, 0.6) is 5.75 Å². The fourth-order valence-electron chi connectivity index (χ4n) is 1.81. The van der Waals surface area contributed by atoms with Crippen LogP contribution in [0.25, 0.3) is 0 Å². The topological polar surface area (TPSA) is 29.5 Å². The summed E-state index contributed by atoms with van der Waals surface area (Å²) in [5.41, 5.74) is 2.46. The van der Waals surface area contributed by atoms with Crippen molar-refractivity contribution in [1.29, 1.82) is 0 Å². The highest BCUT2D eigenvalue weighted by Gasteiger charge is 2.16. The summed E-state index contributed by atoms with van der Waals surface area (Å²) in [5.74, 6) is 1.82. The second kappa shape index (κ2) is 6.59. The van der Waals surface area contributed by atoms with E-state index < -0.39 is 0 Å². The SMILES string of the molecule is CC(C)c1cc(I)cc(C(C)C)c1OCCO. The average Bonchev–Trinajstić information content (AvgIpc) is 2.26. The number of benzene rings is 1. The number of aliphatic hydroxyl groups excluding tert-OH is 1. The molecule has 0 aliphatic rings. The Morgan fingerprint density at radius 1 is 1.12 bits per heavy atom. The van der Waals surface area contributed by atoms with Gasteiger partial charge in [-0.2, -0.15) is 0 Å². The summed E-state index contributed by atoms with van der Waals surface area (Å²) in [4.78, 5) is 0. The van der Waals surface area contributed by atoms with Gasteiger partial charge >= 0.3 is 0 Å². The van der Waals surface area contributed by atoms with E-state index >= 15 is 0 Å². The van der Waals surface area contributed by atoms with Crippen molar-refractivity contribution in [3.8, 4) is 5.75 Å². The van der Waals surface area contributed by atoms with Gasteiger partial charge < -0.3 is 9.84 Å². The van der Waals surface area contributed by atoms with Crippen molar-refractivity contribution < 1.29 is 9.84 Å². The fraction of sp³-hybridized carbons (Fsp3) is 0.571. The molecule has 1 rings (SSSR count). The van der Waals surface area contributed by atoms with Crippen LogP contribution in [0.1, 0.15) is 50.7 Å². The van der Waals surface area contributed by atoms with Crippen molar-refractivity contribution >= 4 is 22.6 Å². The molecule has 0 radical (unpaired) electrons. The van der Waals surface area contributed by atoms with E-state index in [1.807, 2.05) is 0 Å². The number of ether oxygens (including phenoxy) is 1. The Morgan fingerprint density at radius 2 is 1.59 bits per heavy atom. The van der Waals surface area contributed by atoms with Crippen molar-refractivity contribution in [2.75, 3.05) is 13.2 Å². The molecular weight excluding hydrogens is 327 g/mol. The zero-order chi connectivity index (χ0) is 13.0. The first-order chi connectivity index (χ1) is 7.97. The van der Waals surface area contributed by atoms with Gasteiger partial charge in [0.2, 0.25) is 0 Å². The van der Waals surface area contributed by atoms with E-state index in [1.54, 1.807) is 0 Å². The molecule has 0 fully saturated rings. The molecule has 0 unspecified atom stereocenters. The van der Waals surface area contributed by atoms with E-state index in [-0.39, 0.29) is 6.61 Å². The summed E-state index contributed by atoms with van der Waals surface area (Å²) in [5, 5.41) is 8.91. The van der Waals surface area contributed by atoms with Crippen molar-refractivity contribution in [1.82, 2.24) is 0 Å². The van der Waals surface area contributed by atoms with Crippen molar-refractivity contribution in [3.63, 3.8) is 0 Å². The van der Waals surface area contributed by atoms with E-state index in [4.69, 9.17) is 9.84 Å². The van der Waals surface area contributed by atoms with Gasteiger partial charge in [0.05, 0.1) is 6.61 Å². The smallest absolute Gasteiger partial charge is 0.126 e. The fourth-order valence-corrected chi connectivity index (χ4v) is 2.48. The molecule has 0 atom stereocenters. The maximum Gasteiger partial charge on any atom is 0.126 e. The molecule has 2 nitrogen and oxygen atoms in total. The molecule has 1 aromatic rings. The lowest BCUT2D eigenvalue weighted by atomic mass is 9.94. The van der Waals surface area contributed by atoms with Crippen LogP contribution < -0.4 is 4.74 Å². The van der Waals surface area contributed by atoms with Crippen LogP contribution in [0.4, 0.5) is 0 Å². The average molecular weight is 348 g/mol. The quantitative estimate of drug-likeness (QED) is 0.818. The second-order valence-corrected chi connectivity index (χ2v) is 6.04. The number of halogens is 1. The highest BCUT2D eigenvalue weighted by Crippen LogP contribution is 2.36. The van der Waals surface area contributed by atoms with E-state index in [2.05, 4.69) is 62.4 Å². The first-order valence-corrected chi connectivity index (χ1v) is 7.12. The summed E-state index contributed by atoms with van der Waals surface area (Å²) in [6.07, 6.45) is 0. The monoisotopic (exact) mass is 348 g/mol. The van der Waals surface area contributed by atoms with Gasteiger partial charge in [0.25, 0.3) is 0 Å². The third kappa shape index (κ3) is 3.85. The largest absolute Gasteiger partial charge is 0.491 e. The van der Waals surface area contributed by atoms with E-state index in [1.165, 1.54) is 14.7 Å². The van der Waals surface area contributed by atoms with Gasteiger partial charge in [-0.1, -0.05) is 27.7 Å². The maximum absolute atomic E-state index is 8.91. The molecule has 0 aliphatic heterocycles. The normalized spacial score (nSPS) is 11.3. The van der Waals surface area contributed by atoms with Crippen LogP contribution in [-0.4, -0.2) is 18.3 Å². The Kier molecular flexibility index (Phi) is 5.73. The highest BCUT2D eigenvalue weighted by molar-refractivity contribution is 14.1. The van der Waals surface area contributed by atoms with E-state index in [0.29, 0.717) is 18.4 Å². The highest BCUT2D eigenvalue weighted by atomic mass is 127. The molecule has 3 heteroatoms. The van der Waals surface area contributed by atoms with Gasteiger partial charge in [-0.15, -0.1) is 0 Å². The molecule has 0 heterocycles. The van der Waals surface area contributed by atoms with Gasteiger partial charge in [0.1, 0.15) is 12.4 Å². The summed E-state index contributed by atoms with van der Waals surface area (Å²) in [6.45, 7) is 9.09. The Morgan fingerprint density at radius 3 is 1.94 bits per heavy atom. The Bertz CT molecular complexity index is 343. The van der Waals surface area contributed by atoms with Gasteiger partial charge in [-0.05, 0) is 57.7 Å². The minimum atomic E-state index is 0.0566. The first-order valence-electron chi connectivity index (χ1n) is 6.04. The first kappa shape index (κ1) is 14.8. The third-order valence-electron chi connectivity index (χ3n) is 2.69. The number of rotatable bonds is 5. The molecule has 0 amide bonds. The molecule has 1 aromatic carbocycles. The van der Waals surface area contributed by atoms with Crippen LogP contribution in [0.15, 0.2) is 12.1 Å². The molecule has 0 saturated carbocycles. The van der Waals surface area contributed by atoms with Crippen LogP contribution in [-0.2, 0) is 0 Å². The third-order valence-corrected chi connectivity index (χ3v) is 3.32. The summed E-state index contributed by atoms with van der Waals surface area (Å²) >= 11 is 2.35. The number of aliphatic hydroxyl groups is 1. The molecule has 17 heavy (non-hydrogen) atoms. The van der Waals surface area contributed by atoms with Gasteiger partial charge in [0, 0.05) is 3.57 Å². The lowest BCUT2D eigenvalue weighted by Gasteiger charge is -2.20. The maximum atomic E-state index is 8.91. The Hall–Kier alpha value is -0.290. The molecular formula is C14H21IO2. The predicted octanol–water partition coefficient (Wildman–Crippen LogP) is 3.91. The second-order valence-electron chi connectivity index (χ2n) is 4.79. The Labute approximate surface area is 118 Å². The Balaban J connectivity index is 3.26. The van der Waals surface area contributed by atoms with E-state index in [0.717, 1.165) is 5.75 Å². The lowest BCUT2D eigenvalue weighted by Crippen LogP contribution is -2.08. The standard InChI is InChI=1S/C14H21IO2/c1-9(2)12-7-11(15)8-13(10(3)4)14(12)17-6-5-16/h7-10,16H,5-6H2,1-4H3. The van der Waals surface area contributed by atoms with E-state index in [9.17, 15) is 0 Å². The number of hydrogen-bond donors (Lipinski definition) is 1. The van der Waals surface area contributed by atoms with Crippen LogP contribution >= 0.6 is 22.6 Å². The molecule has 0 aromatic heterocycles. The zero-order valence-electron chi connectivity index (χ0n) is 11.0. The minimum Gasteiger partial charge on any atom is -0.491 e.